The molecular weight excluding hydrogens is 292 g/mol. The topological polar surface area (TPSA) is 108 Å². The van der Waals surface area contributed by atoms with Gasteiger partial charge in [-0.05, 0) is 31.9 Å². The van der Waals surface area contributed by atoms with E-state index in [-0.39, 0.29) is 35.6 Å². The van der Waals surface area contributed by atoms with Crippen LogP contribution in [0.2, 0.25) is 0 Å². The Labute approximate surface area is 126 Å². The number of ether oxygens (including phenoxy) is 2. The molecule has 22 heavy (non-hydrogen) atoms. The van der Waals surface area contributed by atoms with E-state index in [0.29, 0.717) is 0 Å². The summed E-state index contributed by atoms with van der Waals surface area (Å²) in [5.74, 6) is -1.09. The smallest absolute Gasteiger partial charge is 0.338 e. The maximum atomic E-state index is 11.8. The van der Waals surface area contributed by atoms with Crippen molar-refractivity contribution in [3.63, 3.8) is 0 Å². The third-order valence-electron chi connectivity index (χ3n) is 2.97. The maximum Gasteiger partial charge on any atom is 0.338 e. The lowest BCUT2D eigenvalue weighted by molar-refractivity contribution is -0.385. The highest BCUT2D eigenvalue weighted by Crippen LogP contribution is 2.28. The van der Waals surface area contributed by atoms with Gasteiger partial charge in [0.05, 0.1) is 17.1 Å². The summed E-state index contributed by atoms with van der Waals surface area (Å²) < 4.78 is 9.96. The van der Waals surface area contributed by atoms with Crippen LogP contribution >= 0.6 is 0 Å². The van der Waals surface area contributed by atoms with Crippen molar-refractivity contribution in [2.24, 2.45) is 0 Å². The third kappa shape index (κ3) is 4.18. The minimum absolute atomic E-state index is 0.00521. The van der Waals surface area contributed by atoms with Gasteiger partial charge in [-0.2, -0.15) is 0 Å². The van der Waals surface area contributed by atoms with E-state index in [9.17, 15) is 19.7 Å². The normalized spacial score (nSPS) is 13.3. The Kier molecular flexibility index (Phi) is 4.92. The molecule has 0 heterocycles. The molecule has 0 aromatic heterocycles. The number of benzene rings is 1. The van der Waals surface area contributed by atoms with Crippen LogP contribution in [0, 0.1) is 10.1 Å². The van der Waals surface area contributed by atoms with Crippen molar-refractivity contribution in [1.29, 1.82) is 0 Å². The minimum Gasteiger partial charge on any atom is -0.487 e. The quantitative estimate of drug-likeness (QED) is 0.464. The fraction of sp³-hybridized carbons (Fsp3) is 0.429. The molecule has 118 valence electrons. The summed E-state index contributed by atoms with van der Waals surface area (Å²) in [6.07, 6.45) is 1.87. The molecule has 0 saturated heterocycles. The van der Waals surface area contributed by atoms with Gasteiger partial charge in [-0.15, -0.1) is 0 Å². The molecule has 0 spiro atoms. The largest absolute Gasteiger partial charge is 0.487 e. The van der Waals surface area contributed by atoms with Crippen LogP contribution in [0.4, 0.5) is 5.69 Å². The van der Waals surface area contributed by atoms with E-state index in [4.69, 9.17) is 9.47 Å². The van der Waals surface area contributed by atoms with E-state index >= 15 is 0 Å². The molecule has 1 aromatic rings. The Morgan fingerprint density at radius 2 is 2.14 bits per heavy atom. The van der Waals surface area contributed by atoms with Gasteiger partial charge >= 0.3 is 11.7 Å². The lowest BCUT2D eigenvalue weighted by Gasteiger charge is -2.07. The molecular formula is C14H16N2O6. The number of carbonyl (C=O) groups is 2. The highest BCUT2D eigenvalue weighted by atomic mass is 16.6. The van der Waals surface area contributed by atoms with Crippen molar-refractivity contribution in [3.8, 4) is 5.75 Å². The molecule has 0 aliphatic heterocycles. The van der Waals surface area contributed by atoms with Crippen molar-refractivity contribution in [1.82, 2.24) is 5.32 Å². The van der Waals surface area contributed by atoms with Gasteiger partial charge in [-0.3, -0.25) is 14.9 Å². The number of hydrogen-bond acceptors (Lipinski definition) is 6. The Morgan fingerprint density at radius 3 is 2.73 bits per heavy atom. The highest BCUT2D eigenvalue weighted by molar-refractivity contribution is 5.92. The van der Waals surface area contributed by atoms with E-state index < -0.39 is 17.5 Å². The van der Waals surface area contributed by atoms with Crippen molar-refractivity contribution in [2.45, 2.75) is 25.8 Å². The van der Waals surface area contributed by atoms with Gasteiger partial charge in [0.1, 0.15) is 0 Å². The molecule has 1 amide bonds. The van der Waals surface area contributed by atoms with E-state index in [1.165, 1.54) is 12.1 Å². The predicted molar refractivity (Wildman–Crippen MR) is 75.7 cm³/mol. The number of carbonyl (C=O) groups excluding carboxylic acids is 2. The van der Waals surface area contributed by atoms with E-state index in [1.807, 2.05) is 0 Å². The lowest BCUT2D eigenvalue weighted by Crippen LogP contribution is -2.30. The standard InChI is InChI=1S/C14H16N2O6/c1-2-21-12-6-3-9(7-11(12)16(19)20)14(18)22-8-13(17)15-10-4-5-10/h3,6-7,10H,2,4-5,8H2,1H3,(H,15,17). The summed E-state index contributed by atoms with van der Waals surface area (Å²) in [5.41, 5.74) is -0.326. The summed E-state index contributed by atoms with van der Waals surface area (Å²) in [4.78, 5) is 33.6. The van der Waals surface area contributed by atoms with Crippen LogP contribution in [0.25, 0.3) is 0 Å². The molecule has 0 atom stereocenters. The first-order valence-corrected chi connectivity index (χ1v) is 6.89. The summed E-state index contributed by atoms with van der Waals surface area (Å²) in [6, 6.07) is 3.95. The van der Waals surface area contributed by atoms with Gasteiger partial charge in [0.15, 0.2) is 12.4 Å². The Balaban J connectivity index is 2.00. The summed E-state index contributed by atoms with van der Waals surface area (Å²) in [6.45, 7) is 1.56. The Morgan fingerprint density at radius 1 is 1.41 bits per heavy atom. The van der Waals surface area contributed by atoms with Crippen molar-refractivity contribution in [2.75, 3.05) is 13.2 Å². The molecule has 1 saturated carbocycles. The average molecular weight is 308 g/mol. The van der Waals surface area contributed by atoms with Gasteiger partial charge in [0.2, 0.25) is 0 Å². The summed E-state index contributed by atoms with van der Waals surface area (Å²) in [7, 11) is 0. The van der Waals surface area contributed by atoms with Crippen molar-refractivity contribution >= 4 is 17.6 Å². The monoisotopic (exact) mass is 308 g/mol. The van der Waals surface area contributed by atoms with Crippen LogP contribution in [0.15, 0.2) is 18.2 Å². The fourth-order valence-corrected chi connectivity index (χ4v) is 1.78. The molecule has 1 aliphatic rings. The second-order valence-electron chi connectivity index (χ2n) is 4.79. The molecule has 1 N–H and O–H groups in total. The van der Waals surface area contributed by atoms with Crippen LogP contribution in [-0.4, -0.2) is 36.1 Å². The number of nitrogens with one attached hydrogen (secondary N) is 1. The molecule has 1 aliphatic carbocycles. The van der Waals surface area contributed by atoms with E-state index in [0.717, 1.165) is 18.9 Å². The van der Waals surface area contributed by atoms with Crippen molar-refractivity contribution in [3.05, 3.63) is 33.9 Å². The molecule has 8 nitrogen and oxygen atoms in total. The Hall–Kier alpha value is -2.64. The average Bonchev–Trinajstić information content (AvgIpc) is 3.29. The number of hydrogen-bond donors (Lipinski definition) is 1. The van der Waals surface area contributed by atoms with Crippen LogP contribution in [0.1, 0.15) is 30.1 Å². The van der Waals surface area contributed by atoms with Crippen LogP contribution in [-0.2, 0) is 9.53 Å². The molecule has 1 fully saturated rings. The van der Waals surface area contributed by atoms with Gasteiger partial charge in [-0.25, -0.2) is 4.79 Å². The zero-order valence-electron chi connectivity index (χ0n) is 12.0. The molecule has 8 heteroatoms. The van der Waals surface area contributed by atoms with Crippen molar-refractivity contribution < 1.29 is 24.0 Å². The fourth-order valence-electron chi connectivity index (χ4n) is 1.78. The number of esters is 1. The summed E-state index contributed by atoms with van der Waals surface area (Å²) in [5, 5.41) is 13.6. The summed E-state index contributed by atoms with van der Waals surface area (Å²) >= 11 is 0. The second-order valence-corrected chi connectivity index (χ2v) is 4.79. The van der Waals surface area contributed by atoms with Gasteiger partial charge in [0.25, 0.3) is 5.91 Å². The Bertz CT molecular complexity index is 597. The predicted octanol–water partition coefficient (Wildman–Crippen LogP) is 1.43. The second kappa shape index (κ2) is 6.88. The first-order chi connectivity index (χ1) is 10.5. The first-order valence-electron chi connectivity index (χ1n) is 6.89. The van der Waals surface area contributed by atoms with Crippen LogP contribution in [0.5, 0.6) is 5.75 Å². The first kappa shape index (κ1) is 15.7. The molecule has 2 rings (SSSR count). The van der Waals surface area contributed by atoms with Crippen LogP contribution < -0.4 is 10.1 Å². The number of rotatable bonds is 7. The zero-order valence-corrected chi connectivity index (χ0v) is 12.0. The molecule has 0 unspecified atom stereocenters. The van der Waals surface area contributed by atoms with Gasteiger partial charge in [-0.1, -0.05) is 0 Å². The zero-order chi connectivity index (χ0) is 16.1. The van der Waals surface area contributed by atoms with E-state index in [2.05, 4.69) is 5.32 Å². The maximum absolute atomic E-state index is 11.8. The third-order valence-corrected chi connectivity index (χ3v) is 2.97. The molecule has 0 radical (unpaired) electrons. The molecule has 0 bridgehead atoms. The van der Waals surface area contributed by atoms with E-state index in [1.54, 1.807) is 6.92 Å². The number of amides is 1. The number of nitrogens with zero attached hydrogens (tertiary/aromatic N) is 1. The van der Waals surface area contributed by atoms with Gasteiger partial charge in [0, 0.05) is 12.1 Å². The highest BCUT2D eigenvalue weighted by Gasteiger charge is 2.24. The molecule has 1 aromatic carbocycles. The number of nitro benzene ring substituents is 1. The lowest BCUT2D eigenvalue weighted by atomic mass is 10.2. The van der Waals surface area contributed by atoms with Crippen LogP contribution in [0.3, 0.4) is 0 Å². The van der Waals surface area contributed by atoms with Gasteiger partial charge < -0.3 is 14.8 Å². The minimum atomic E-state index is -0.794. The SMILES string of the molecule is CCOc1ccc(C(=O)OCC(=O)NC2CC2)cc1[N+](=O)[O-]. The number of nitro groups is 1.